The molecule has 0 bridgehead atoms. The van der Waals surface area contributed by atoms with E-state index < -0.39 is 36.2 Å². The zero-order valence-corrected chi connectivity index (χ0v) is 15.1. The van der Waals surface area contributed by atoms with E-state index >= 15 is 0 Å². The highest BCUT2D eigenvalue weighted by Crippen LogP contribution is 2.42. The molecule has 11 nitrogen and oxygen atoms in total. The number of fused-ring (bicyclic) bond motifs is 1. The first-order chi connectivity index (χ1) is 13.6. The van der Waals surface area contributed by atoms with Crippen molar-refractivity contribution in [3.05, 3.63) is 39.7 Å². The summed E-state index contributed by atoms with van der Waals surface area (Å²) in [5.74, 6) is -2.01. The van der Waals surface area contributed by atoms with Crippen molar-refractivity contribution in [3.63, 3.8) is 0 Å². The SMILES string of the molecule is Cc1nn(CC(=O)OCC(=O)Nc2ccc3c(c2)OC(F)(F)O3)c(C)c1[N+](=O)[O-]. The zero-order chi connectivity index (χ0) is 21.3. The fourth-order valence-corrected chi connectivity index (χ4v) is 2.64. The lowest BCUT2D eigenvalue weighted by molar-refractivity contribution is -0.386. The number of carbonyl (C=O) groups excluding carboxylic acids is 2. The molecule has 13 heteroatoms. The van der Waals surface area contributed by atoms with Crippen LogP contribution in [0.4, 0.5) is 20.2 Å². The molecule has 1 aliphatic heterocycles. The average Bonchev–Trinajstić information content (AvgIpc) is 3.06. The number of nitro groups is 1. The summed E-state index contributed by atoms with van der Waals surface area (Å²) in [6, 6.07) is 3.62. The number of hydrogen-bond donors (Lipinski definition) is 1. The van der Waals surface area contributed by atoms with E-state index in [1.807, 2.05) is 0 Å². The molecule has 0 spiro atoms. The molecular weight excluding hydrogens is 398 g/mol. The number of benzene rings is 1. The van der Waals surface area contributed by atoms with Crippen LogP contribution in [0.1, 0.15) is 11.4 Å². The summed E-state index contributed by atoms with van der Waals surface area (Å²) in [5, 5.41) is 17.2. The van der Waals surface area contributed by atoms with Crippen LogP contribution >= 0.6 is 0 Å². The van der Waals surface area contributed by atoms with E-state index in [1.165, 1.54) is 26.0 Å². The summed E-state index contributed by atoms with van der Waals surface area (Å²) in [5.41, 5.74) is 0.238. The number of amides is 1. The van der Waals surface area contributed by atoms with Crippen molar-refractivity contribution in [2.75, 3.05) is 11.9 Å². The molecule has 0 fully saturated rings. The number of hydrogen-bond acceptors (Lipinski definition) is 8. The maximum absolute atomic E-state index is 13.0. The van der Waals surface area contributed by atoms with Crippen LogP contribution in [0.2, 0.25) is 0 Å². The van der Waals surface area contributed by atoms with Gasteiger partial charge in [-0.05, 0) is 26.0 Å². The Morgan fingerprint density at radius 3 is 2.66 bits per heavy atom. The average molecular weight is 412 g/mol. The topological polar surface area (TPSA) is 135 Å². The second-order valence-corrected chi connectivity index (χ2v) is 5.97. The number of ether oxygens (including phenoxy) is 3. The van der Waals surface area contributed by atoms with Gasteiger partial charge in [0.25, 0.3) is 5.91 Å². The summed E-state index contributed by atoms with van der Waals surface area (Å²) in [6.45, 7) is 1.78. The molecule has 154 valence electrons. The van der Waals surface area contributed by atoms with E-state index in [2.05, 4.69) is 19.9 Å². The quantitative estimate of drug-likeness (QED) is 0.432. The van der Waals surface area contributed by atoms with Gasteiger partial charge in [0.05, 0.1) is 4.92 Å². The molecule has 1 aromatic carbocycles. The molecule has 1 aromatic heterocycles. The molecule has 0 saturated carbocycles. The Morgan fingerprint density at radius 1 is 1.31 bits per heavy atom. The fraction of sp³-hybridized carbons (Fsp3) is 0.312. The third kappa shape index (κ3) is 4.39. The Balaban J connectivity index is 1.53. The maximum Gasteiger partial charge on any atom is 0.586 e. The number of aryl methyl sites for hydroxylation is 1. The molecule has 0 saturated heterocycles. The molecule has 0 unspecified atom stereocenters. The van der Waals surface area contributed by atoms with E-state index in [4.69, 9.17) is 4.74 Å². The van der Waals surface area contributed by atoms with Gasteiger partial charge in [-0.15, -0.1) is 8.78 Å². The first-order valence-corrected chi connectivity index (χ1v) is 8.09. The lowest BCUT2D eigenvalue weighted by Gasteiger charge is -2.08. The molecule has 29 heavy (non-hydrogen) atoms. The molecule has 1 amide bonds. The smallest absolute Gasteiger partial charge is 0.454 e. The van der Waals surface area contributed by atoms with Crippen LogP contribution in [-0.2, 0) is 20.9 Å². The Hall–Kier alpha value is -3.77. The zero-order valence-electron chi connectivity index (χ0n) is 15.1. The number of anilines is 1. The minimum Gasteiger partial charge on any atom is -0.454 e. The van der Waals surface area contributed by atoms with Crippen molar-refractivity contribution in [2.45, 2.75) is 26.7 Å². The molecule has 2 aromatic rings. The number of alkyl halides is 2. The molecule has 1 N–H and O–H groups in total. The number of carbonyl (C=O) groups is 2. The Morgan fingerprint density at radius 2 is 2.00 bits per heavy atom. The van der Waals surface area contributed by atoms with Crippen molar-refractivity contribution in [1.29, 1.82) is 0 Å². The van der Waals surface area contributed by atoms with Gasteiger partial charge in [0.15, 0.2) is 18.1 Å². The summed E-state index contributed by atoms with van der Waals surface area (Å²) >= 11 is 0. The van der Waals surface area contributed by atoms with Crippen LogP contribution in [0.15, 0.2) is 18.2 Å². The summed E-state index contributed by atoms with van der Waals surface area (Å²) in [6.07, 6.45) is -3.78. The van der Waals surface area contributed by atoms with Gasteiger partial charge < -0.3 is 19.5 Å². The normalized spacial score (nSPS) is 13.8. The molecule has 3 rings (SSSR count). The maximum atomic E-state index is 13.0. The molecule has 0 atom stereocenters. The van der Waals surface area contributed by atoms with Crippen molar-refractivity contribution < 1.29 is 37.5 Å². The molecular formula is C16H14F2N4O7. The van der Waals surface area contributed by atoms with Gasteiger partial charge >= 0.3 is 18.0 Å². The molecule has 0 aliphatic carbocycles. The van der Waals surface area contributed by atoms with Gasteiger partial charge in [0.1, 0.15) is 17.9 Å². The Labute approximate surface area is 161 Å². The van der Waals surface area contributed by atoms with E-state index in [9.17, 15) is 28.5 Å². The van der Waals surface area contributed by atoms with E-state index in [0.29, 0.717) is 0 Å². The van der Waals surface area contributed by atoms with Crippen LogP contribution in [0.25, 0.3) is 0 Å². The van der Waals surface area contributed by atoms with E-state index in [-0.39, 0.29) is 34.3 Å². The van der Waals surface area contributed by atoms with Crippen LogP contribution in [-0.4, -0.2) is 39.5 Å². The number of esters is 1. The molecule has 1 aliphatic rings. The lowest BCUT2D eigenvalue weighted by atomic mass is 10.3. The van der Waals surface area contributed by atoms with Crippen molar-refractivity contribution in [2.24, 2.45) is 0 Å². The lowest BCUT2D eigenvalue weighted by Crippen LogP contribution is -2.26. The van der Waals surface area contributed by atoms with Gasteiger partial charge in [0, 0.05) is 11.8 Å². The van der Waals surface area contributed by atoms with Gasteiger partial charge in [-0.3, -0.25) is 24.4 Å². The predicted octanol–water partition coefficient (Wildman–Crippen LogP) is 1.91. The first-order valence-electron chi connectivity index (χ1n) is 8.09. The second kappa shape index (κ2) is 7.33. The van der Waals surface area contributed by atoms with Gasteiger partial charge in [-0.1, -0.05) is 0 Å². The van der Waals surface area contributed by atoms with Crippen LogP contribution in [0.3, 0.4) is 0 Å². The van der Waals surface area contributed by atoms with E-state index in [1.54, 1.807) is 0 Å². The second-order valence-electron chi connectivity index (χ2n) is 5.97. The Kier molecular flexibility index (Phi) is 5.05. The highest BCUT2D eigenvalue weighted by molar-refractivity contribution is 5.93. The van der Waals surface area contributed by atoms with Crippen LogP contribution in [0.5, 0.6) is 11.5 Å². The minimum absolute atomic E-state index is 0.125. The largest absolute Gasteiger partial charge is 0.586 e. The number of nitrogens with one attached hydrogen (secondary N) is 1. The summed E-state index contributed by atoms with van der Waals surface area (Å²) < 4.78 is 40.4. The minimum atomic E-state index is -3.78. The van der Waals surface area contributed by atoms with Crippen molar-refractivity contribution >= 4 is 23.3 Å². The third-order valence-electron chi connectivity index (χ3n) is 3.85. The van der Waals surface area contributed by atoms with Gasteiger partial charge in [0.2, 0.25) is 0 Å². The number of rotatable bonds is 6. The fourth-order valence-electron chi connectivity index (χ4n) is 2.64. The van der Waals surface area contributed by atoms with Crippen LogP contribution in [0, 0.1) is 24.0 Å². The summed E-state index contributed by atoms with van der Waals surface area (Å²) in [4.78, 5) is 34.1. The predicted molar refractivity (Wildman–Crippen MR) is 90.6 cm³/mol. The van der Waals surface area contributed by atoms with Gasteiger partial charge in [-0.2, -0.15) is 5.10 Å². The van der Waals surface area contributed by atoms with Crippen molar-refractivity contribution in [1.82, 2.24) is 9.78 Å². The Bertz CT molecular complexity index is 1010. The highest BCUT2D eigenvalue weighted by atomic mass is 19.3. The third-order valence-corrected chi connectivity index (χ3v) is 3.85. The standard InChI is InChI=1S/C16H14F2N4O7/c1-8-15(22(25)26)9(2)21(20-8)6-14(24)27-7-13(23)19-10-3-4-11-12(5-10)29-16(17,18)28-11/h3-5H,6-7H2,1-2H3,(H,19,23). The van der Waals surface area contributed by atoms with Gasteiger partial charge in [-0.25, -0.2) is 0 Å². The number of halogens is 2. The molecule has 0 radical (unpaired) electrons. The first kappa shape index (κ1) is 20.0. The molecule has 2 heterocycles. The summed E-state index contributed by atoms with van der Waals surface area (Å²) in [7, 11) is 0. The number of nitrogens with zero attached hydrogens (tertiary/aromatic N) is 3. The highest BCUT2D eigenvalue weighted by Gasteiger charge is 2.43. The number of aromatic nitrogens is 2. The van der Waals surface area contributed by atoms with E-state index in [0.717, 1.165) is 10.7 Å². The van der Waals surface area contributed by atoms with Crippen LogP contribution < -0.4 is 14.8 Å². The van der Waals surface area contributed by atoms with Crippen molar-refractivity contribution in [3.8, 4) is 11.5 Å². The monoisotopic (exact) mass is 412 g/mol.